The largest absolute Gasteiger partial charge is 0.320 e. The van der Waals surface area contributed by atoms with Crippen LogP contribution in [0.2, 0.25) is 0 Å². The number of carbonyl (C=O) groups is 1. The molecule has 21 heavy (non-hydrogen) atoms. The molecule has 1 heterocycles. The van der Waals surface area contributed by atoms with Gasteiger partial charge in [0.1, 0.15) is 0 Å². The summed E-state index contributed by atoms with van der Waals surface area (Å²) < 4.78 is 0. The second-order valence-corrected chi connectivity index (χ2v) is 6.47. The van der Waals surface area contributed by atoms with Crippen LogP contribution in [0.25, 0.3) is 0 Å². The van der Waals surface area contributed by atoms with Gasteiger partial charge in [0.05, 0.1) is 11.7 Å². The van der Waals surface area contributed by atoms with E-state index in [9.17, 15) is 4.79 Å². The van der Waals surface area contributed by atoms with Gasteiger partial charge in [-0.2, -0.15) is 0 Å². The molecule has 1 aromatic carbocycles. The van der Waals surface area contributed by atoms with Crippen molar-refractivity contribution in [3.8, 4) is 0 Å². The first-order valence-electron chi connectivity index (χ1n) is 7.31. The van der Waals surface area contributed by atoms with Crippen molar-refractivity contribution in [1.29, 1.82) is 0 Å². The average Bonchev–Trinajstić information content (AvgIpc) is 2.90. The van der Waals surface area contributed by atoms with Crippen molar-refractivity contribution in [3.05, 3.63) is 46.5 Å². The molecule has 0 fully saturated rings. The summed E-state index contributed by atoms with van der Waals surface area (Å²) in [6, 6.07) is 9.27. The lowest BCUT2D eigenvalue weighted by Crippen LogP contribution is -2.37. The Kier molecular flexibility index (Phi) is 4.31. The minimum atomic E-state index is -0.548. The van der Waals surface area contributed by atoms with E-state index in [1.165, 1.54) is 17.7 Å². The van der Waals surface area contributed by atoms with Gasteiger partial charge in [0.15, 0.2) is 5.13 Å². The molecule has 0 aliphatic heterocycles. The summed E-state index contributed by atoms with van der Waals surface area (Å²) in [5, 5.41) is 3.55. The summed E-state index contributed by atoms with van der Waals surface area (Å²) in [6.07, 6.45) is 5.06. The molecule has 0 bridgehead atoms. The SMILES string of the molecule is N[C@H](Cc1ccccc1)C(=O)Nc1nc2c(s1)CCCC2. The van der Waals surface area contributed by atoms with Gasteiger partial charge in [0, 0.05) is 4.88 Å². The van der Waals surface area contributed by atoms with Gasteiger partial charge in [0.2, 0.25) is 5.91 Å². The van der Waals surface area contributed by atoms with Crippen LogP contribution in [0.15, 0.2) is 30.3 Å². The zero-order valence-corrected chi connectivity index (χ0v) is 12.7. The number of fused-ring (bicyclic) bond motifs is 1. The molecule has 1 aliphatic carbocycles. The molecule has 4 nitrogen and oxygen atoms in total. The summed E-state index contributed by atoms with van der Waals surface area (Å²) in [6.45, 7) is 0. The number of hydrogen-bond donors (Lipinski definition) is 2. The first-order valence-corrected chi connectivity index (χ1v) is 8.13. The summed E-state index contributed by atoms with van der Waals surface area (Å²) in [7, 11) is 0. The lowest BCUT2D eigenvalue weighted by molar-refractivity contribution is -0.117. The summed E-state index contributed by atoms with van der Waals surface area (Å²) in [4.78, 5) is 18.0. The van der Waals surface area contributed by atoms with E-state index >= 15 is 0 Å². The Morgan fingerprint density at radius 1 is 1.29 bits per heavy atom. The Labute approximate surface area is 128 Å². The van der Waals surface area contributed by atoms with E-state index in [1.54, 1.807) is 11.3 Å². The van der Waals surface area contributed by atoms with Crippen LogP contribution >= 0.6 is 11.3 Å². The maximum atomic E-state index is 12.2. The van der Waals surface area contributed by atoms with Gasteiger partial charge in [-0.25, -0.2) is 4.98 Å². The minimum Gasteiger partial charge on any atom is -0.320 e. The molecule has 110 valence electrons. The molecule has 0 unspecified atom stereocenters. The van der Waals surface area contributed by atoms with Crippen LogP contribution in [0.4, 0.5) is 5.13 Å². The van der Waals surface area contributed by atoms with Crippen molar-refractivity contribution >= 4 is 22.4 Å². The maximum Gasteiger partial charge on any atom is 0.243 e. The lowest BCUT2D eigenvalue weighted by atomic mass is 10.0. The zero-order valence-electron chi connectivity index (χ0n) is 11.8. The van der Waals surface area contributed by atoms with Gasteiger partial charge in [-0.1, -0.05) is 30.3 Å². The molecule has 3 rings (SSSR count). The van der Waals surface area contributed by atoms with Crippen LogP contribution in [0.5, 0.6) is 0 Å². The van der Waals surface area contributed by atoms with E-state index in [-0.39, 0.29) is 5.91 Å². The fourth-order valence-corrected chi connectivity index (χ4v) is 3.62. The molecule has 0 spiro atoms. The number of amides is 1. The standard InChI is InChI=1S/C16H19N3OS/c17-12(10-11-6-2-1-3-7-11)15(20)19-16-18-13-8-4-5-9-14(13)21-16/h1-3,6-7,12H,4-5,8-10,17H2,(H,18,19,20)/t12-/m1/s1. The monoisotopic (exact) mass is 301 g/mol. The number of nitrogens with zero attached hydrogens (tertiary/aromatic N) is 1. The topological polar surface area (TPSA) is 68.0 Å². The number of rotatable bonds is 4. The first-order chi connectivity index (χ1) is 10.2. The number of hydrogen-bond acceptors (Lipinski definition) is 4. The van der Waals surface area contributed by atoms with Crippen molar-refractivity contribution in [2.75, 3.05) is 5.32 Å². The molecule has 1 aliphatic rings. The highest BCUT2D eigenvalue weighted by atomic mass is 32.1. The van der Waals surface area contributed by atoms with Crippen LogP contribution in [0, 0.1) is 0 Å². The molecule has 5 heteroatoms. The van der Waals surface area contributed by atoms with Crippen molar-refractivity contribution in [2.45, 2.75) is 38.1 Å². The Balaban J connectivity index is 1.61. The molecule has 1 amide bonds. The molecule has 0 saturated carbocycles. The highest BCUT2D eigenvalue weighted by Crippen LogP contribution is 2.29. The maximum absolute atomic E-state index is 12.2. The van der Waals surface area contributed by atoms with Crippen LogP contribution in [-0.2, 0) is 24.1 Å². The van der Waals surface area contributed by atoms with E-state index < -0.39 is 6.04 Å². The van der Waals surface area contributed by atoms with Crippen molar-refractivity contribution in [2.24, 2.45) is 5.73 Å². The third kappa shape index (κ3) is 3.49. The average molecular weight is 301 g/mol. The van der Waals surface area contributed by atoms with E-state index in [0.29, 0.717) is 11.6 Å². The van der Waals surface area contributed by atoms with E-state index in [4.69, 9.17) is 5.73 Å². The Morgan fingerprint density at radius 2 is 2.05 bits per heavy atom. The molecule has 0 radical (unpaired) electrons. The van der Waals surface area contributed by atoms with Gasteiger partial charge >= 0.3 is 0 Å². The van der Waals surface area contributed by atoms with Crippen molar-refractivity contribution in [3.63, 3.8) is 0 Å². The number of benzene rings is 1. The second-order valence-electron chi connectivity index (χ2n) is 5.38. The molecular formula is C16H19N3OS. The molecule has 0 saturated heterocycles. The third-order valence-corrected chi connectivity index (χ3v) is 4.78. The van der Waals surface area contributed by atoms with Crippen LogP contribution in [-0.4, -0.2) is 16.9 Å². The highest BCUT2D eigenvalue weighted by molar-refractivity contribution is 7.15. The van der Waals surface area contributed by atoms with Gasteiger partial charge in [-0.15, -0.1) is 11.3 Å². The van der Waals surface area contributed by atoms with E-state index in [0.717, 1.165) is 24.1 Å². The second kappa shape index (κ2) is 6.37. The van der Waals surface area contributed by atoms with Gasteiger partial charge < -0.3 is 11.1 Å². The normalized spacial score (nSPS) is 15.3. The predicted octanol–water partition coefficient (Wildman–Crippen LogP) is 2.53. The van der Waals surface area contributed by atoms with Gasteiger partial charge in [-0.05, 0) is 37.7 Å². The van der Waals surface area contributed by atoms with Crippen LogP contribution in [0.3, 0.4) is 0 Å². The molecule has 1 aromatic heterocycles. The zero-order chi connectivity index (χ0) is 14.7. The van der Waals surface area contributed by atoms with Crippen molar-refractivity contribution < 1.29 is 4.79 Å². The number of carbonyl (C=O) groups excluding carboxylic acids is 1. The van der Waals surface area contributed by atoms with E-state index in [1.807, 2.05) is 30.3 Å². The smallest absolute Gasteiger partial charge is 0.243 e. The predicted molar refractivity (Wildman–Crippen MR) is 85.5 cm³/mol. The van der Waals surface area contributed by atoms with E-state index in [2.05, 4.69) is 10.3 Å². The fourth-order valence-electron chi connectivity index (χ4n) is 2.56. The molecule has 3 N–H and O–H groups in total. The molecular weight excluding hydrogens is 282 g/mol. The quantitative estimate of drug-likeness (QED) is 0.912. The summed E-state index contributed by atoms with van der Waals surface area (Å²) in [5.41, 5.74) is 8.20. The number of nitrogens with one attached hydrogen (secondary N) is 1. The van der Waals surface area contributed by atoms with Gasteiger partial charge in [0.25, 0.3) is 0 Å². The number of aryl methyl sites for hydroxylation is 2. The molecule has 2 aromatic rings. The number of anilines is 1. The summed E-state index contributed by atoms with van der Waals surface area (Å²) >= 11 is 1.59. The highest BCUT2D eigenvalue weighted by Gasteiger charge is 2.19. The summed E-state index contributed by atoms with van der Waals surface area (Å²) in [5.74, 6) is -0.162. The minimum absolute atomic E-state index is 0.162. The lowest BCUT2D eigenvalue weighted by Gasteiger charge is -2.10. The molecule has 1 atom stereocenters. The van der Waals surface area contributed by atoms with Crippen molar-refractivity contribution in [1.82, 2.24) is 4.98 Å². The third-order valence-electron chi connectivity index (χ3n) is 3.71. The van der Waals surface area contributed by atoms with Crippen LogP contribution in [0.1, 0.15) is 29.0 Å². The number of aromatic nitrogens is 1. The number of thiazole rings is 1. The Hall–Kier alpha value is -1.72. The fraction of sp³-hybridized carbons (Fsp3) is 0.375. The number of nitrogens with two attached hydrogens (primary N) is 1. The van der Waals surface area contributed by atoms with Crippen LogP contribution < -0.4 is 11.1 Å². The Bertz CT molecular complexity index is 600. The first kappa shape index (κ1) is 14.2. The Morgan fingerprint density at radius 3 is 2.81 bits per heavy atom. The van der Waals surface area contributed by atoms with Gasteiger partial charge in [-0.3, -0.25) is 4.79 Å².